The molecule has 0 aliphatic heterocycles. The Morgan fingerprint density at radius 2 is 1.59 bits per heavy atom. The molecule has 0 amide bonds. The van der Waals surface area contributed by atoms with E-state index in [1.165, 1.54) is 0 Å². The number of hydrogen-bond donors (Lipinski definition) is 1. The number of rotatable bonds is 5. The van der Waals surface area contributed by atoms with E-state index < -0.39 is 11.5 Å². The summed E-state index contributed by atoms with van der Waals surface area (Å²) >= 11 is 0. The highest BCUT2D eigenvalue weighted by Crippen LogP contribution is 2.20. The van der Waals surface area contributed by atoms with Gasteiger partial charge in [0.05, 0.1) is 24.7 Å². The summed E-state index contributed by atoms with van der Waals surface area (Å²) in [5, 5.41) is 10.3. The van der Waals surface area contributed by atoms with E-state index in [9.17, 15) is 5.11 Å². The van der Waals surface area contributed by atoms with E-state index in [4.69, 9.17) is 4.74 Å². The van der Waals surface area contributed by atoms with Crippen molar-refractivity contribution in [2.45, 2.75) is 26.6 Å². The number of benzene rings is 2. The van der Waals surface area contributed by atoms with Crippen LogP contribution in [-0.2, 0) is 11.3 Å². The van der Waals surface area contributed by atoms with E-state index in [1.807, 2.05) is 74.5 Å². The van der Waals surface area contributed by atoms with Crippen LogP contribution in [-0.4, -0.2) is 17.8 Å². The largest absolute Gasteiger partial charge is 0.389 e. The number of aliphatic hydroxyl groups excluding tert-OH is 1. The van der Waals surface area contributed by atoms with Crippen LogP contribution in [0.1, 0.15) is 25.0 Å². The summed E-state index contributed by atoms with van der Waals surface area (Å²) in [4.78, 5) is 0. The molecular weight excluding hydrogens is 272 g/mol. The predicted molar refractivity (Wildman–Crippen MR) is 89.2 cm³/mol. The van der Waals surface area contributed by atoms with Gasteiger partial charge in [0.2, 0.25) is 0 Å². The molecule has 2 heteroatoms. The highest BCUT2D eigenvalue weighted by atomic mass is 16.5. The lowest BCUT2D eigenvalue weighted by Crippen LogP contribution is -2.32. The topological polar surface area (TPSA) is 29.5 Å². The summed E-state index contributed by atoms with van der Waals surface area (Å²) in [6.07, 6.45) is -0.632. The van der Waals surface area contributed by atoms with Crippen LogP contribution in [0.2, 0.25) is 0 Å². The van der Waals surface area contributed by atoms with Gasteiger partial charge in [-0.1, -0.05) is 60.4 Å². The fourth-order valence-electron chi connectivity index (χ4n) is 1.91. The molecule has 114 valence electrons. The molecule has 0 radical (unpaired) electrons. The van der Waals surface area contributed by atoms with E-state index >= 15 is 0 Å². The third-order valence-electron chi connectivity index (χ3n) is 3.52. The molecule has 2 rings (SSSR count). The Labute approximate surface area is 132 Å². The molecule has 0 fully saturated rings. The second-order valence-electron chi connectivity index (χ2n) is 5.85. The Balaban J connectivity index is 1.88. The molecule has 2 nitrogen and oxygen atoms in total. The van der Waals surface area contributed by atoms with Crippen molar-refractivity contribution in [1.82, 2.24) is 0 Å². The minimum atomic E-state index is -0.632. The zero-order valence-electron chi connectivity index (χ0n) is 13.1. The monoisotopic (exact) mass is 294 g/mol. The Hall–Kier alpha value is -2.08. The maximum atomic E-state index is 10.3. The fraction of sp³-hybridized carbons (Fsp3) is 0.300. The van der Waals surface area contributed by atoms with Gasteiger partial charge in [-0.05, 0) is 31.5 Å². The van der Waals surface area contributed by atoms with Gasteiger partial charge < -0.3 is 9.84 Å². The quantitative estimate of drug-likeness (QED) is 0.853. The van der Waals surface area contributed by atoms with Gasteiger partial charge in [-0.3, -0.25) is 0 Å². The van der Waals surface area contributed by atoms with E-state index in [0.717, 1.165) is 11.1 Å². The Morgan fingerprint density at radius 1 is 1.00 bits per heavy atom. The van der Waals surface area contributed by atoms with Gasteiger partial charge in [-0.2, -0.15) is 0 Å². The molecule has 0 saturated carbocycles. The van der Waals surface area contributed by atoms with Gasteiger partial charge in [0, 0.05) is 5.56 Å². The molecule has 0 aliphatic carbocycles. The molecule has 1 atom stereocenters. The van der Waals surface area contributed by atoms with Crippen LogP contribution >= 0.6 is 0 Å². The Kier molecular flexibility index (Phi) is 5.77. The van der Waals surface area contributed by atoms with Gasteiger partial charge in [-0.15, -0.1) is 0 Å². The molecule has 0 aromatic heterocycles. The highest BCUT2D eigenvalue weighted by molar-refractivity contribution is 5.35. The van der Waals surface area contributed by atoms with E-state index in [1.54, 1.807) is 0 Å². The maximum absolute atomic E-state index is 10.3. The fourth-order valence-corrected chi connectivity index (χ4v) is 1.91. The third kappa shape index (κ3) is 5.04. The number of hydrogen-bond acceptors (Lipinski definition) is 2. The average Bonchev–Trinajstić information content (AvgIpc) is 2.55. The van der Waals surface area contributed by atoms with Crippen LogP contribution in [0.4, 0.5) is 0 Å². The van der Waals surface area contributed by atoms with Gasteiger partial charge in [-0.25, -0.2) is 0 Å². The molecule has 0 unspecified atom stereocenters. The lowest BCUT2D eigenvalue weighted by Gasteiger charge is -2.24. The highest BCUT2D eigenvalue weighted by Gasteiger charge is 2.25. The van der Waals surface area contributed by atoms with Gasteiger partial charge in [0.15, 0.2) is 0 Å². The van der Waals surface area contributed by atoms with Crippen molar-refractivity contribution in [2.24, 2.45) is 5.41 Å². The van der Waals surface area contributed by atoms with Gasteiger partial charge in [0.25, 0.3) is 0 Å². The van der Waals surface area contributed by atoms with Crippen LogP contribution < -0.4 is 0 Å². The maximum Gasteiger partial charge on any atom is 0.0933 e. The van der Waals surface area contributed by atoms with Crippen molar-refractivity contribution in [3.8, 4) is 11.8 Å². The molecule has 0 bridgehead atoms. The van der Waals surface area contributed by atoms with Crippen LogP contribution in [0, 0.1) is 17.3 Å². The first-order valence-electron chi connectivity index (χ1n) is 7.46. The van der Waals surface area contributed by atoms with Crippen LogP contribution in [0.25, 0.3) is 0 Å². The molecule has 2 aromatic rings. The van der Waals surface area contributed by atoms with Crippen molar-refractivity contribution in [3.63, 3.8) is 0 Å². The van der Waals surface area contributed by atoms with Crippen molar-refractivity contribution in [3.05, 3.63) is 71.8 Å². The van der Waals surface area contributed by atoms with Crippen molar-refractivity contribution < 1.29 is 9.84 Å². The summed E-state index contributed by atoms with van der Waals surface area (Å²) < 4.78 is 5.60. The summed E-state index contributed by atoms with van der Waals surface area (Å²) in [6, 6.07) is 19.7. The molecule has 22 heavy (non-hydrogen) atoms. The lowest BCUT2D eigenvalue weighted by atomic mass is 9.87. The molecule has 0 aliphatic rings. The number of ether oxygens (including phenoxy) is 1. The minimum Gasteiger partial charge on any atom is -0.389 e. The third-order valence-corrected chi connectivity index (χ3v) is 3.52. The van der Waals surface area contributed by atoms with Crippen molar-refractivity contribution >= 4 is 0 Å². The number of aliphatic hydroxyl groups is 1. The summed E-state index contributed by atoms with van der Waals surface area (Å²) in [6.45, 7) is 4.63. The molecule has 0 spiro atoms. The molecular formula is C20H22O2. The molecule has 0 heterocycles. The average molecular weight is 294 g/mol. The van der Waals surface area contributed by atoms with E-state index in [-0.39, 0.29) is 6.61 Å². The van der Waals surface area contributed by atoms with Crippen LogP contribution in [0.5, 0.6) is 0 Å². The predicted octanol–water partition coefficient (Wildman–Crippen LogP) is 3.64. The Bertz CT molecular complexity index is 621. The minimum absolute atomic E-state index is 0.269. The zero-order chi connectivity index (χ0) is 15.8. The second-order valence-corrected chi connectivity index (χ2v) is 5.85. The standard InChI is InChI=1S/C20H22O2/c1-20(2,14-13-17-9-5-3-6-10-17)19(21)16-22-15-18-11-7-4-8-12-18/h3-12,19,21H,15-16H2,1-2H3/t19-/m0/s1. The van der Waals surface area contributed by atoms with E-state index in [0.29, 0.717) is 6.61 Å². The normalized spacial score (nSPS) is 12.3. The summed E-state index contributed by atoms with van der Waals surface area (Å²) in [7, 11) is 0. The Morgan fingerprint density at radius 3 is 2.23 bits per heavy atom. The van der Waals surface area contributed by atoms with Crippen molar-refractivity contribution in [2.75, 3.05) is 6.61 Å². The molecule has 1 N–H and O–H groups in total. The van der Waals surface area contributed by atoms with Gasteiger partial charge >= 0.3 is 0 Å². The van der Waals surface area contributed by atoms with Crippen LogP contribution in [0.3, 0.4) is 0 Å². The summed E-state index contributed by atoms with van der Waals surface area (Å²) in [5.74, 6) is 6.25. The molecule has 2 aromatic carbocycles. The smallest absolute Gasteiger partial charge is 0.0933 e. The zero-order valence-corrected chi connectivity index (χ0v) is 13.1. The van der Waals surface area contributed by atoms with E-state index in [2.05, 4.69) is 11.8 Å². The van der Waals surface area contributed by atoms with Gasteiger partial charge in [0.1, 0.15) is 0 Å². The first kappa shape index (κ1) is 16.3. The first-order valence-corrected chi connectivity index (χ1v) is 7.46. The van der Waals surface area contributed by atoms with Crippen molar-refractivity contribution in [1.29, 1.82) is 0 Å². The van der Waals surface area contributed by atoms with Crippen LogP contribution in [0.15, 0.2) is 60.7 Å². The summed E-state index contributed by atoms with van der Waals surface area (Å²) in [5.41, 5.74) is 1.53. The second kappa shape index (κ2) is 7.79. The SMILES string of the molecule is CC(C)(C#Cc1ccccc1)[C@@H](O)COCc1ccccc1. The first-order chi connectivity index (χ1) is 10.6. The lowest BCUT2D eigenvalue weighted by molar-refractivity contribution is -0.0129. The molecule has 0 saturated heterocycles.